The van der Waals surface area contributed by atoms with Gasteiger partial charge in [0.15, 0.2) is 5.89 Å². The molecular formula is C16H17N3O3S. The van der Waals surface area contributed by atoms with Crippen molar-refractivity contribution in [2.45, 2.75) is 24.7 Å². The second kappa shape index (κ2) is 6.14. The fourth-order valence-corrected chi connectivity index (χ4v) is 4.14. The highest BCUT2D eigenvalue weighted by molar-refractivity contribution is 7.89. The summed E-state index contributed by atoms with van der Waals surface area (Å²) in [6, 6.07) is 8.84. The molecule has 1 aromatic carbocycles. The van der Waals surface area contributed by atoms with Gasteiger partial charge >= 0.3 is 0 Å². The Morgan fingerprint density at radius 2 is 1.91 bits per heavy atom. The van der Waals surface area contributed by atoms with Crippen molar-refractivity contribution in [2.75, 3.05) is 13.1 Å². The van der Waals surface area contributed by atoms with Crippen molar-refractivity contribution < 1.29 is 12.8 Å². The third kappa shape index (κ3) is 3.14. The van der Waals surface area contributed by atoms with E-state index in [9.17, 15) is 8.42 Å². The first kappa shape index (κ1) is 15.7. The van der Waals surface area contributed by atoms with Crippen LogP contribution in [-0.2, 0) is 10.0 Å². The third-order valence-corrected chi connectivity index (χ3v) is 5.96. The molecule has 0 aliphatic carbocycles. The van der Waals surface area contributed by atoms with Gasteiger partial charge in [0.2, 0.25) is 10.0 Å². The van der Waals surface area contributed by atoms with Gasteiger partial charge < -0.3 is 4.42 Å². The van der Waals surface area contributed by atoms with Crippen molar-refractivity contribution in [1.29, 1.82) is 5.26 Å². The summed E-state index contributed by atoms with van der Waals surface area (Å²) in [7, 11) is -3.51. The highest BCUT2D eigenvalue weighted by Crippen LogP contribution is 2.25. The van der Waals surface area contributed by atoms with Crippen molar-refractivity contribution in [3.05, 3.63) is 36.4 Å². The molecule has 1 aromatic heterocycles. The van der Waals surface area contributed by atoms with E-state index in [1.165, 1.54) is 4.31 Å². The second-order valence-electron chi connectivity index (χ2n) is 5.58. The molecule has 1 aliphatic heterocycles. The lowest BCUT2D eigenvalue weighted by atomic mass is 10.0. The first-order chi connectivity index (χ1) is 11.0. The van der Waals surface area contributed by atoms with Crippen molar-refractivity contribution in [1.82, 2.24) is 9.29 Å². The molecule has 1 aliphatic rings. The number of rotatable bonds is 3. The molecule has 0 N–H and O–H groups in total. The van der Waals surface area contributed by atoms with Crippen LogP contribution in [0, 0.1) is 24.2 Å². The van der Waals surface area contributed by atoms with E-state index in [0.717, 1.165) is 5.56 Å². The van der Waals surface area contributed by atoms with Crippen molar-refractivity contribution in [3.63, 3.8) is 0 Å². The van der Waals surface area contributed by atoms with Crippen molar-refractivity contribution in [2.24, 2.45) is 5.92 Å². The number of hydrogen-bond donors (Lipinski definition) is 0. The predicted molar refractivity (Wildman–Crippen MR) is 83.8 cm³/mol. The number of sulfonamides is 1. The molecule has 0 amide bonds. The monoisotopic (exact) mass is 331 g/mol. The molecule has 6 nitrogen and oxygen atoms in total. The minimum absolute atomic E-state index is 0.0424. The molecule has 23 heavy (non-hydrogen) atoms. The minimum Gasteiger partial charge on any atom is -0.449 e. The van der Waals surface area contributed by atoms with Crippen LogP contribution in [0.5, 0.6) is 0 Å². The van der Waals surface area contributed by atoms with Crippen LogP contribution >= 0.6 is 0 Å². The Labute approximate surface area is 135 Å². The second-order valence-corrected chi connectivity index (χ2v) is 7.52. The van der Waals surface area contributed by atoms with Crippen LogP contribution < -0.4 is 0 Å². The minimum atomic E-state index is -3.51. The summed E-state index contributed by atoms with van der Waals surface area (Å²) in [5.74, 6) is 0.524. The summed E-state index contributed by atoms with van der Waals surface area (Å²) in [6.07, 6.45) is 2.73. The van der Waals surface area contributed by atoms with E-state index >= 15 is 0 Å². The van der Waals surface area contributed by atoms with E-state index in [-0.39, 0.29) is 10.8 Å². The fourth-order valence-electron chi connectivity index (χ4n) is 2.67. The maximum absolute atomic E-state index is 12.6. The Morgan fingerprint density at radius 1 is 1.26 bits per heavy atom. The molecule has 1 fully saturated rings. The number of aryl methyl sites for hydroxylation is 1. The van der Waals surface area contributed by atoms with E-state index in [0.29, 0.717) is 37.5 Å². The number of piperidine rings is 1. The summed E-state index contributed by atoms with van der Waals surface area (Å²) in [6.45, 7) is 2.54. The quantitative estimate of drug-likeness (QED) is 0.862. The van der Waals surface area contributed by atoms with Crippen LogP contribution in [0.15, 0.2) is 39.8 Å². The Bertz CT molecular complexity index is 826. The molecule has 0 radical (unpaired) electrons. The average molecular weight is 331 g/mol. The van der Waals surface area contributed by atoms with Crippen LogP contribution in [0.1, 0.15) is 18.7 Å². The highest BCUT2D eigenvalue weighted by atomic mass is 32.2. The zero-order chi connectivity index (χ0) is 16.4. The average Bonchev–Trinajstić information content (AvgIpc) is 3.01. The molecule has 1 saturated heterocycles. The number of nitriles is 1. The van der Waals surface area contributed by atoms with Crippen LogP contribution in [0.4, 0.5) is 0 Å². The van der Waals surface area contributed by atoms with Gasteiger partial charge in [0.05, 0.1) is 11.0 Å². The van der Waals surface area contributed by atoms with E-state index in [1.54, 1.807) is 37.5 Å². The molecule has 120 valence electrons. The van der Waals surface area contributed by atoms with Gasteiger partial charge in [-0.25, -0.2) is 13.4 Å². The van der Waals surface area contributed by atoms with E-state index in [4.69, 9.17) is 9.68 Å². The summed E-state index contributed by atoms with van der Waals surface area (Å²) < 4.78 is 31.9. The fraction of sp³-hybridized carbons (Fsp3) is 0.375. The molecule has 2 heterocycles. The largest absolute Gasteiger partial charge is 0.449 e. The Balaban J connectivity index is 1.80. The van der Waals surface area contributed by atoms with Gasteiger partial charge in [-0.2, -0.15) is 9.57 Å². The molecular weight excluding hydrogens is 314 g/mol. The topological polar surface area (TPSA) is 87.2 Å². The van der Waals surface area contributed by atoms with Crippen LogP contribution in [0.2, 0.25) is 0 Å². The molecule has 0 saturated carbocycles. The maximum Gasteiger partial charge on any atom is 0.243 e. The van der Waals surface area contributed by atoms with Gasteiger partial charge in [0.25, 0.3) is 0 Å². The van der Waals surface area contributed by atoms with Gasteiger partial charge in [0, 0.05) is 31.5 Å². The lowest BCUT2D eigenvalue weighted by molar-refractivity contribution is 0.310. The van der Waals surface area contributed by atoms with Gasteiger partial charge in [-0.3, -0.25) is 0 Å². The summed E-state index contributed by atoms with van der Waals surface area (Å²) in [5, 5.41) is 8.91. The van der Waals surface area contributed by atoms with Crippen LogP contribution in [0.25, 0.3) is 11.3 Å². The number of benzene rings is 1. The predicted octanol–water partition coefficient (Wildman–Crippen LogP) is 2.57. The number of nitrogens with zero attached hydrogens (tertiary/aromatic N) is 3. The molecule has 3 rings (SSSR count). The molecule has 0 unspecified atom stereocenters. The van der Waals surface area contributed by atoms with Gasteiger partial charge in [-0.05, 0) is 25.0 Å². The van der Waals surface area contributed by atoms with E-state index in [1.807, 2.05) is 0 Å². The highest BCUT2D eigenvalue weighted by Gasteiger charge is 2.29. The standard InChI is InChI=1S/C16H17N3O3S/c1-12-18-16(11-22-12)14-2-4-15(5-3-14)23(20,21)19-8-6-13(10-17)7-9-19/h2-5,11,13H,6-9H2,1H3. The number of oxazole rings is 1. The van der Waals surface area contributed by atoms with Crippen LogP contribution in [0.3, 0.4) is 0 Å². The number of aromatic nitrogens is 1. The Hall–Kier alpha value is -2.17. The Kier molecular flexibility index (Phi) is 4.20. The normalized spacial score (nSPS) is 17.0. The SMILES string of the molecule is Cc1nc(-c2ccc(S(=O)(=O)N3CCC(C#N)CC3)cc2)co1. The zero-order valence-electron chi connectivity index (χ0n) is 12.8. The zero-order valence-corrected chi connectivity index (χ0v) is 13.6. The van der Waals surface area contributed by atoms with Gasteiger partial charge in [0.1, 0.15) is 12.0 Å². The summed E-state index contributed by atoms with van der Waals surface area (Å²) in [4.78, 5) is 4.48. The van der Waals surface area contributed by atoms with Crippen molar-refractivity contribution >= 4 is 10.0 Å². The van der Waals surface area contributed by atoms with E-state index < -0.39 is 10.0 Å². The molecule has 0 atom stereocenters. The van der Waals surface area contributed by atoms with E-state index in [2.05, 4.69) is 11.1 Å². The molecule has 0 bridgehead atoms. The Morgan fingerprint density at radius 3 is 2.43 bits per heavy atom. The molecule has 7 heteroatoms. The summed E-state index contributed by atoms with van der Waals surface area (Å²) in [5.41, 5.74) is 1.49. The maximum atomic E-state index is 12.6. The van der Waals surface area contributed by atoms with Crippen LogP contribution in [-0.4, -0.2) is 30.8 Å². The van der Waals surface area contributed by atoms with Gasteiger partial charge in [-0.15, -0.1) is 0 Å². The number of hydrogen-bond acceptors (Lipinski definition) is 5. The van der Waals surface area contributed by atoms with Gasteiger partial charge in [-0.1, -0.05) is 12.1 Å². The lowest BCUT2D eigenvalue weighted by Gasteiger charge is -2.28. The molecule has 2 aromatic rings. The third-order valence-electron chi connectivity index (χ3n) is 4.04. The smallest absolute Gasteiger partial charge is 0.243 e. The molecule has 0 spiro atoms. The summed E-state index contributed by atoms with van der Waals surface area (Å²) >= 11 is 0. The first-order valence-corrected chi connectivity index (χ1v) is 8.87. The van der Waals surface area contributed by atoms with Crippen molar-refractivity contribution in [3.8, 4) is 17.3 Å². The first-order valence-electron chi connectivity index (χ1n) is 7.43. The lowest BCUT2D eigenvalue weighted by Crippen LogP contribution is -2.38.